The summed E-state index contributed by atoms with van der Waals surface area (Å²) in [6.45, 7) is 9.31. The Bertz CT molecular complexity index is 672. The second-order valence-electron chi connectivity index (χ2n) is 6.07. The van der Waals surface area contributed by atoms with Crippen LogP contribution in [-0.4, -0.2) is 43.6 Å². The van der Waals surface area contributed by atoms with Gasteiger partial charge in [0.25, 0.3) is 5.91 Å². The van der Waals surface area contributed by atoms with Crippen molar-refractivity contribution in [2.75, 3.05) is 32.8 Å². The standard InChI is InChI=1S/C19H26N4O2/c1-4-25-18-6-5-14(2)11-17(18)15(3)22-13-16(12-20)19(24)23-9-7-21-8-10-23/h5-6,11,13,15,21-22H,4,7-10H2,1-3H3/b16-13-. The molecule has 2 rings (SSSR count). The zero-order chi connectivity index (χ0) is 18.2. The van der Waals surface area contributed by atoms with Gasteiger partial charge in [-0.05, 0) is 26.8 Å². The number of aryl methyl sites for hydroxylation is 1. The number of ether oxygens (including phenoxy) is 1. The van der Waals surface area contributed by atoms with Crippen LogP contribution in [-0.2, 0) is 4.79 Å². The van der Waals surface area contributed by atoms with Crippen LogP contribution >= 0.6 is 0 Å². The predicted molar refractivity (Wildman–Crippen MR) is 97.0 cm³/mol. The number of rotatable bonds is 6. The van der Waals surface area contributed by atoms with Crippen molar-refractivity contribution >= 4 is 5.91 Å². The summed E-state index contributed by atoms with van der Waals surface area (Å²) in [6, 6.07) is 7.94. The molecule has 0 saturated carbocycles. The summed E-state index contributed by atoms with van der Waals surface area (Å²) < 4.78 is 5.68. The van der Waals surface area contributed by atoms with Crippen molar-refractivity contribution in [3.63, 3.8) is 0 Å². The molecular weight excluding hydrogens is 316 g/mol. The first-order chi connectivity index (χ1) is 12.1. The van der Waals surface area contributed by atoms with Crippen LogP contribution in [0.4, 0.5) is 0 Å². The van der Waals surface area contributed by atoms with Crippen LogP contribution in [0.2, 0.25) is 0 Å². The van der Waals surface area contributed by atoms with Gasteiger partial charge >= 0.3 is 0 Å². The SMILES string of the molecule is CCOc1ccc(C)cc1C(C)N/C=C(/C#N)C(=O)N1CCNCC1. The Morgan fingerprint density at radius 2 is 2.20 bits per heavy atom. The molecule has 1 aromatic rings. The molecule has 1 heterocycles. The van der Waals surface area contributed by atoms with Crippen LogP contribution in [0.15, 0.2) is 30.0 Å². The van der Waals surface area contributed by atoms with E-state index in [9.17, 15) is 10.1 Å². The number of amides is 1. The molecule has 1 aromatic carbocycles. The Hall–Kier alpha value is -2.52. The number of hydrogen-bond donors (Lipinski definition) is 2. The number of carbonyl (C=O) groups is 1. The van der Waals surface area contributed by atoms with Crippen LogP contribution < -0.4 is 15.4 Å². The molecule has 2 N–H and O–H groups in total. The number of nitrogens with one attached hydrogen (secondary N) is 2. The van der Waals surface area contributed by atoms with E-state index >= 15 is 0 Å². The third-order valence-electron chi connectivity index (χ3n) is 4.16. The lowest BCUT2D eigenvalue weighted by molar-refractivity contribution is -0.127. The number of hydrogen-bond acceptors (Lipinski definition) is 5. The number of piperazine rings is 1. The minimum atomic E-state index is -0.224. The van der Waals surface area contributed by atoms with Gasteiger partial charge in [0, 0.05) is 37.9 Å². The number of nitriles is 1. The Kier molecular flexibility index (Phi) is 6.84. The van der Waals surface area contributed by atoms with Crippen molar-refractivity contribution in [3.8, 4) is 11.8 Å². The first kappa shape index (κ1) is 18.8. The third-order valence-corrected chi connectivity index (χ3v) is 4.16. The second-order valence-corrected chi connectivity index (χ2v) is 6.07. The van der Waals surface area contributed by atoms with E-state index in [2.05, 4.69) is 16.7 Å². The van der Waals surface area contributed by atoms with Gasteiger partial charge in [0.15, 0.2) is 0 Å². The maximum Gasteiger partial charge on any atom is 0.266 e. The van der Waals surface area contributed by atoms with Crippen molar-refractivity contribution in [2.45, 2.75) is 26.8 Å². The van der Waals surface area contributed by atoms with Gasteiger partial charge in [-0.15, -0.1) is 0 Å². The Morgan fingerprint density at radius 1 is 1.48 bits per heavy atom. The van der Waals surface area contributed by atoms with Gasteiger partial charge in [0.2, 0.25) is 0 Å². The van der Waals surface area contributed by atoms with Crippen LogP contribution in [0.1, 0.15) is 31.0 Å². The molecule has 6 heteroatoms. The fraction of sp³-hybridized carbons (Fsp3) is 0.474. The molecule has 1 aliphatic rings. The molecule has 0 spiro atoms. The van der Waals surface area contributed by atoms with E-state index in [1.54, 1.807) is 4.90 Å². The molecule has 1 fully saturated rings. The van der Waals surface area contributed by atoms with Gasteiger partial charge in [-0.3, -0.25) is 4.79 Å². The van der Waals surface area contributed by atoms with Crippen LogP contribution in [0.25, 0.3) is 0 Å². The minimum absolute atomic E-state index is 0.0828. The highest BCUT2D eigenvalue weighted by Gasteiger charge is 2.20. The summed E-state index contributed by atoms with van der Waals surface area (Å²) in [7, 11) is 0. The third kappa shape index (κ3) is 4.97. The maximum absolute atomic E-state index is 12.4. The monoisotopic (exact) mass is 342 g/mol. The molecule has 0 aromatic heterocycles. The van der Waals surface area contributed by atoms with E-state index in [1.807, 2.05) is 39.0 Å². The lowest BCUT2D eigenvalue weighted by atomic mass is 10.0. The first-order valence-electron chi connectivity index (χ1n) is 8.66. The van der Waals surface area contributed by atoms with Gasteiger partial charge in [-0.25, -0.2) is 0 Å². The van der Waals surface area contributed by atoms with Gasteiger partial charge in [-0.1, -0.05) is 17.7 Å². The number of nitrogens with zero attached hydrogens (tertiary/aromatic N) is 2. The molecule has 1 atom stereocenters. The van der Waals surface area contributed by atoms with Crippen LogP contribution in [0.5, 0.6) is 5.75 Å². The molecule has 1 amide bonds. The van der Waals surface area contributed by atoms with Crippen molar-refractivity contribution in [1.29, 1.82) is 5.26 Å². The van der Waals surface area contributed by atoms with E-state index in [-0.39, 0.29) is 17.5 Å². The zero-order valence-corrected chi connectivity index (χ0v) is 15.1. The maximum atomic E-state index is 12.4. The molecule has 25 heavy (non-hydrogen) atoms. The fourth-order valence-corrected chi connectivity index (χ4v) is 2.77. The highest BCUT2D eigenvalue weighted by Crippen LogP contribution is 2.26. The van der Waals surface area contributed by atoms with E-state index in [4.69, 9.17) is 4.74 Å². The topological polar surface area (TPSA) is 77.4 Å². The summed E-state index contributed by atoms with van der Waals surface area (Å²) >= 11 is 0. The van der Waals surface area contributed by atoms with Crippen molar-refractivity contribution in [2.24, 2.45) is 0 Å². The van der Waals surface area contributed by atoms with Crippen molar-refractivity contribution in [1.82, 2.24) is 15.5 Å². The minimum Gasteiger partial charge on any atom is -0.494 e. The summed E-state index contributed by atoms with van der Waals surface area (Å²) in [5.41, 5.74) is 2.26. The van der Waals surface area contributed by atoms with Gasteiger partial charge < -0.3 is 20.3 Å². The Morgan fingerprint density at radius 3 is 2.84 bits per heavy atom. The molecule has 1 aliphatic heterocycles. The van der Waals surface area contributed by atoms with Gasteiger partial charge in [-0.2, -0.15) is 5.26 Å². The first-order valence-corrected chi connectivity index (χ1v) is 8.66. The summed E-state index contributed by atoms with van der Waals surface area (Å²) in [4.78, 5) is 14.1. The average molecular weight is 342 g/mol. The molecule has 0 bridgehead atoms. The summed E-state index contributed by atoms with van der Waals surface area (Å²) in [6.07, 6.45) is 1.52. The van der Waals surface area contributed by atoms with Gasteiger partial charge in [0.05, 0.1) is 12.6 Å². The summed E-state index contributed by atoms with van der Waals surface area (Å²) in [5, 5.41) is 15.7. The van der Waals surface area contributed by atoms with E-state index < -0.39 is 0 Å². The molecular formula is C19H26N4O2. The zero-order valence-electron chi connectivity index (χ0n) is 15.1. The van der Waals surface area contributed by atoms with Crippen LogP contribution in [0, 0.1) is 18.3 Å². The number of carbonyl (C=O) groups excluding carboxylic acids is 1. The lowest BCUT2D eigenvalue weighted by Crippen LogP contribution is -2.46. The van der Waals surface area contributed by atoms with E-state index in [0.29, 0.717) is 19.7 Å². The fourth-order valence-electron chi connectivity index (χ4n) is 2.77. The largest absolute Gasteiger partial charge is 0.494 e. The lowest BCUT2D eigenvalue weighted by Gasteiger charge is -2.27. The van der Waals surface area contributed by atoms with Crippen molar-refractivity contribution < 1.29 is 9.53 Å². The Balaban J connectivity index is 2.11. The van der Waals surface area contributed by atoms with Gasteiger partial charge in [0.1, 0.15) is 17.4 Å². The normalized spacial score (nSPS) is 16.1. The molecule has 0 radical (unpaired) electrons. The smallest absolute Gasteiger partial charge is 0.266 e. The second kappa shape index (κ2) is 9.09. The highest BCUT2D eigenvalue weighted by molar-refractivity contribution is 5.97. The van der Waals surface area contributed by atoms with E-state index in [1.165, 1.54) is 6.20 Å². The highest BCUT2D eigenvalue weighted by atomic mass is 16.5. The van der Waals surface area contributed by atoms with Crippen LogP contribution in [0.3, 0.4) is 0 Å². The molecule has 0 aliphatic carbocycles. The average Bonchev–Trinajstić information content (AvgIpc) is 2.64. The molecule has 134 valence electrons. The predicted octanol–water partition coefficient (Wildman–Crippen LogP) is 1.88. The molecule has 1 saturated heterocycles. The van der Waals surface area contributed by atoms with Crippen molar-refractivity contribution in [3.05, 3.63) is 41.1 Å². The number of benzene rings is 1. The quantitative estimate of drug-likeness (QED) is 0.610. The molecule has 6 nitrogen and oxygen atoms in total. The molecule has 1 unspecified atom stereocenters. The van der Waals surface area contributed by atoms with E-state index in [0.717, 1.165) is 30.0 Å². The summed E-state index contributed by atoms with van der Waals surface area (Å²) in [5.74, 6) is 0.589. The Labute approximate surface area is 149 Å².